The summed E-state index contributed by atoms with van der Waals surface area (Å²) in [6, 6.07) is 22.8. The molecule has 0 amide bonds. The third kappa shape index (κ3) is 10.6. The molecule has 10 rings (SSSR count). The first kappa shape index (κ1) is 51.9. The fourth-order valence-corrected chi connectivity index (χ4v) is 10.2. The van der Waals surface area contributed by atoms with Crippen LogP contribution in [-0.4, -0.2) is 56.7 Å². The molecule has 372 valence electrons. The first-order chi connectivity index (χ1) is 33.3. The van der Waals surface area contributed by atoms with Gasteiger partial charge in [0.1, 0.15) is 24.0 Å². The van der Waals surface area contributed by atoms with Gasteiger partial charge in [-0.15, -0.1) is 0 Å². The van der Waals surface area contributed by atoms with E-state index in [0.717, 1.165) is 24.3 Å². The van der Waals surface area contributed by atoms with E-state index in [-0.39, 0.29) is 72.5 Å². The van der Waals surface area contributed by atoms with Crippen LogP contribution in [0.25, 0.3) is 55.4 Å². The third-order valence-electron chi connectivity index (χ3n) is 10.9. The minimum Gasteiger partial charge on any atom is -0.364 e. The van der Waals surface area contributed by atoms with Gasteiger partial charge < -0.3 is 9.05 Å². The number of H-pyrrole nitrogens is 2. The highest BCUT2D eigenvalue weighted by atomic mass is 32.2. The average molecular weight is 1050 g/mol. The molecule has 0 aliphatic heterocycles. The van der Waals surface area contributed by atoms with Crippen LogP contribution in [0, 0.1) is 0 Å². The topological polar surface area (TPSA) is 222 Å². The van der Waals surface area contributed by atoms with Gasteiger partial charge >= 0.3 is 12.4 Å². The maximum atomic E-state index is 13.4. The maximum Gasteiger partial charge on any atom is 0.416 e. The van der Waals surface area contributed by atoms with E-state index in [0.29, 0.717) is 32.9 Å². The Bertz CT molecular complexity index is 3650. The van der Waals surface area contributed by atoms with E-state index in [2.05, 4.69) is 39.8 Å². The zero-order valence-corrected chi connectivity index (χ0v) is 39.1. The summed E-state index contributed by atoms with van der Waals surface area (Å²) in [4.78, 5) is 25.8. The lowest BCUT2D eigenvalue weighted by Crippen LogP contribution is -2.19. The molecule has 0 fully saturated rings. The van der Waals surface area contributed by atoms with Crippen molar-refractivity contribution in [1.82, 2.24) is 39.8 Å². The van der Waals surface area contributed by atoms with Crippen LogP contribution in [0.3, 0.4) is 0 Å². The first-order valence-corrected chi connectivity index (χ1v) is 23.5. The highest BCUT2D eigenvalue weighted by Crippen LogP contribution is 2.38. The lowest BCUT2D eigenvalue weighted by molar-refractivity contribution is -0.138. The number of hydrogen-bond acceptors (Lipinski definition) is 12. The summed E-state index contributed by atoms with van der Waals surface area (Å²) in [5.41, 5.74) is -0.305. The van der Waals surface area contributed by atoms with E-state index in [1.807, 2.05) is 0 Å². The molecule has 0 aliphatic rings. The number of rotatable bonds is 10. The van der Waals surface area contributed by atoms with Crippen LogP contribution in [0.5, 0.6) is 0 Å². The van der Waals surface area contributed by atoms with Crippen molar-refractivity contribution in [1.29, 1.82) is 0 Å². The fraction of sp³-hybridized carbons (Fsp3) is 0.106. The van der Waals surface area contributed by atoms with Crippen LogP contribution in [0.1, 0.15) is 29.9 Å². The summed E-state index contributed by atoms with van der Waals surface area (Å²) in [6.45, 7) is 0. The number of aromatic amines is 2. The summed E-state index contributed by atoms with van der Waals surface area (Å²) in [5.74, 6) is -0.754. The summed E-state index contributed by atoms with van der Waals surface area (Å²) >= 11 is 0. The van der Waals surface area contributed by atoms with E-state index in [4.69, 9.17) is 0 Å². The van der Waals surface area contributed by atoms with Gasteiger partial charge in [-0.2, -0.15) is 46.4 Å². The number of pyridine rings is 2. The third-order valence-corrected chi connectivity index (χ3v) is 14.2. The molecule has 0 bridgehead atoms. The Kier molecular flexibility index (Phi) is 14.4. The Balaban J connectivity index is 0.000000206. The zero-order chi connectivity index (χ0) is 49.6. The molecule has 6 aromatic heterocycles. The quantitative estimate of drug-likeness (QED) is 0.0966. The molecule has 0 saturated heterocycles. The van der Waals surface area contributed by atoms with Crippen molar-refractivity contribution in [2.75, 3.05) is 0 Å². The Morgan fingerprint density at radius 1 is 0.528 bits per heavy atom. The molecule has 72 heavy (non-hydrogen) atoms. The van der Waals surface area contributed by atoms with E-state index in [9.17, 15) is 52.8 Å². The van der Waals surface area contributed by atoms with Gasteiger partial charge in [0.25, 0.3) is 11.1 Å². The summed E-state index contributed by atoms with van der Waals surface area (Å²) in [5, 5.41) is 20.8. The van der Waals surface area contributed by atoms with Gasteiger partial charge in [-0.3, -0.25) is 28.9 Å². The second-order valence-corrected chi connectivity index (χ2v) is 19.4. The highest BCUT2D eigenvalue weighted by molar-refractivity contribution is 7.91. The van der Waals surface area contributed by atoms with Gasteiger partial charge in [0.2, 0.25) is 0 Å². The van der Waals surface area contributed by atoms with Gasteiger partial charge in [0.15, 0.2) is 19.7 Å². The largest absolute Gasteiger partial charge is 0.416 e. The molecular weight excluding hydrogens is 1010 g/mol. The first-order valence-electron chi connectivity index (χ1n) is 20.2. The Labute approximate surface area is 406 Å². The van der Waals surface area contributed by atoms with Crippen LogP contribution in [0.2, 0.25) is 0 Å². The maximum absolute atomic E-state index is 13.4. The number of halogens is 6. The molecule has 25 heteroatoms. The van der Waals surface area contributed by atoms with Crippen LogP contribution in [-0.2, 0) is 43.5 Å². The van der Waals surface area contributed by atoms with Gasteiger partial charge in [-0.05, 0) is 84.9 Å². The van der Waals surface area contributed by atoms with Crippen LogP contribution >= 0.6 is 9.90 Å². The second kappa shape index (κ2) is 20.0. The lowest BCUT2D eigenvalue weighted by atomic mass is 10.0. The number of fused-ring (bicyclic) bond motifs is 2. The number of nitrogens with one attached hydrogen (secondary N) is 2. The molecule has 6 heterocycles. The van der Waals surface area contributed by atoms with Crippen molar-refractivity contribution in [3.8, 4) is 33.6 Å². The van der Waals surface area contributed by atoms with Crippen molar-refractivity contribution in [3.05, 3.63) is 190 Å². The lowest BCUT2D eigenvalue weighted by Gasteiger charge is -2.17. The standard InChI is InChI=1S/2C23H15F3N4O4S.CH4.H3P/c2*24-23(25,26)16-2-4-21(19(10-16)15-11-27-28-12-15)30-20-5-3-18(9-14(20)1-6-22(30)31)35(32,33)13-17-7-8-34-29-17;;/h2*1-12H,13H2,(H,27,28);1H4;1H3. The van der Waals surface area contributed by atoms with Crippen LogP contribution in [0.15, 0.2) is 175 Å². The molecule has 10 aromatic rings. The molecular formula is C47H37F6N8O8PS2. The van der Waals surface area contributed by atoms with Gasteiger partial charge in [-0.25, -0.2) is 16.8 Å². The van der Waals surface area contributed by atoms with E-state index in [1.54, 1.807) is 0 Å². The number of aromatic nitrogens is 8. The molecule has 0 saturated carbocycles. The Morgan fingerprint density at radius 3 is 1.26 bits per heavy atom. The van der Waals surface area contributed by atoms with Crippen molar-refractivity contribution < 1.29 is 52.2 Å². The molecule has 0 spiro atoms. The predicted octanol–water partition coefficient (Wildman–Crippen LogP) is 9.42. The average Bonchev–Trinajstić information content (AvgIpc) is 4.19. The van der Waals surface area contributed by atoms with Crippen molar-refractivity contribution in [3.63, 3.8) is 0 Å². The molecule has 1 atom stereocenters. The van der Waals surface area contributed by atoms with Crippen molar-refractivity contribution >= 4 is 51.4 Å². The minimum absolute atomic E-state index is 0. The SMILES string of the molecule is C.O=c1ccc2cc(S(=O)(=O)Cc3ccon3)ccc2n1-c1ccc(C(F)(F)F)cc1-c1cn[nH]c1.O=c1ccc2cc(S(=O)(=O)Cc3ccon3)ccc2n1-c1ccc(C(F)(F)F)cc1-c1cn[nH]c1.P. The van der Waals surface area contributed by atoms with E-state index >= 15 is 0 Å². The molecule has 4 aromatic carbocycles. The normalized spacial score (nSPS) is 12.0. The molecule has 0 aliphatic carbocycles. The van der Waals surface area contributed by atoms with Crippen LogP contribution in [0.4, 0.5) is 26.3 Å². The number of sulfone groups is 2. The Hall–Kier alpha value is -7.95. The molecule has 2 N–H and O–H groups in total. The number of hydrogen-bond donors (Lipinski definition) is 2. The minimum atomic E-state index is -4.59. The molecule has 1 unspecified atom stereocenters. The molecule has 0 radical (unpaired) electrons. The summed E-state index contributed by atoms with van der Waals surface area (Å²) in [7, 11) is -7.55. The van der Waals surface area contributed by atoms with Crippen molar-refractivity contribution in [2.24, 2.45) is 0 Å². The number of benzene rings is 4. The smallest absolute Gasteiger partial charge is 0.364 e. The van der Waals surface area contributed by atoms with E-state index < -0.39 is 54.3 Å². The van der Waals surface area contributed by atoms with E-state index in [1.165, 1.54) is 131 Å². The fourth-order valence-electron chi connectivity index (χ4n) is 7.59. The van der Waals surface area contributed by atoms with Gasteiger partial charge in [0, 0.05) is 69.7 Å². The predicted molar refractivity (Wildman–Crippen MR) is 257 cm³/mol. The Morgan fingerprint density at radius 2 is 0.931 bits per heavy atom. The van der Waals surface area contributed by atoms with Crippen LogP contribution < -0.4 is 11.1 Å². The summed E-state index contributed by atoms with van der Waals surface area (Å²) < 4.78 is 144. The number of alkyl halides is 6. The summed E-state index contributed by atoms with van der Waals surface area (Å²) in [6.07, 6.45) is -1.10. The van der Waals surface area contributed by atoms with Gasteiger partial charge in [-0.1, -0.05) is 17.7 Å². The van der Waals surface area contributed by atoms with Gasteiger partial charge in [0.05, 0.1) is 67.1 Å². The second-order valence-electron chi connectivity index (χ2n) is 15.4. The van der Waals surface area contributed by atoms with Crippen molar-refractivity contribution in [2.45, 2.75) is 41.1 Å². The highest BCUT2D eigenvalue weighted by Gasteiger charge is 2.33. The monoisotopic (exact) mass is 1050 g/mol. The molecule has 16 nitrogen and oxygen atoms in total. The zero-order valence-electron chi connectivity index (χ0n) is 36.0. The number of nitrogens with zero attached hydrogens (tertiary/aromatic N) is 6.